The molecule has 0 heterocycles. The molecule has 0 aromatic carbocycles. The maximum atomic E-state index is 12.6. The quantitative estimate of drug-likeness (QED) is 0.564. The minimum Gasteiger partial charge on any atom is -0.447 e. The minimum atomic E-state index is -3.28. The lowest BCUT2D eigenvalue weighted by Crippen LogP contribution is -2.49. The molecule has 0 fully saturated rings. The molecule has 0 aliphatic heterocycles. The summed E-state index contributed by atoms with van der Waals surface area (Å²) >= 11 is 0. The fraction of sp³-hybridized carbons (Fsp3) is 0.947. The van der Waals surface area contributed by atoms with Gasteiger partial charge in [-0.25, -0.2) is 13.2 Å². The van der Waals surface area contributed by atoms with Crippen LogP contribution in [-0.2, 0) is 14.8 Å². The molecule has 0 bridgehead atoms. The van der Waals surface area contributed by atoms with Gasteiger partial charge in [-0.2, -0.15) is 4.31 Å². The fourth-order valence-electron chi connectivity index (χ4n) is 2.94. The number of ether oxygens (including phenoxy) is 1. The zero-order valence-corrected chi connectivity index (χ0v) is 19.2. The topological polar surface area (TPSA) is 66.9 Å². The summed E-state index contributed by atoms with van der Waals surface area (Å²) in [6.07, 6.45) is 2.29. The van der Waals surface area contributed by atoms with Gasteiger partial charge in [-0.05, 0) is 52.9 Å². The van der Waals surface area contributed by atoms with Crippen molar-refractivity contribution < 1.29 is 17.9 Å². The Kier molecular flexibility index (Phi) is 9.61. The highest BCUT2D eigenvalue weighted by Crippen LogP contribution is 2.28. The van der Waals surface area contributed by atoms with Crippen LogP contribution >= 0.6 is 0 Å². The Bertz CT molecular complexity index is 544. The van der Waals surface area contributed by atoms with E-state index in [0.29, 0.717) is 18.9 Å². The van der Waals surface area contributed by atoms with E-state index in [0.717, 1.165) is 6.42 Å². The van der Waals surface area contributed by atoms with Crippen LogP contribution in [0, 0.1) is 11.8 Å². The zero-order valence-electron chi connectivity index (χ0n) is 18.4. The van der Waals surface area contributed by atoms with Gasteiger partial charge in [-0.3, -0.25) is 0 Å². The van der Waals surface area contributed by atoms with Crippen molar-refractivity contribution in [2.75, 3.05) is 19.8 Å². The number of carbonyl (C=O) groups excluding carboxylic acids is 1. The van der Waals surface area contributed by atoms with Gasteiger partial charge in [0.2, 0.25) is 10.0 Å². The molecule has 7 heteroatoms. The molecule has 26 heavy (non-hydrogen) atoms. The summed E-state index contributed by atoms with van der Waals surface area (Å²) in [5, 5.41) is 0. The van der Waals surface area contributed by atoms with Crippen LogP contribution in [-0.4, -0.2) is 61.2 Å². The third kappa shape index (κ3) is 7.82. The van der Waals surface area contributed by atoms with Crippen molar-refractivity contribution in [2.24, 2.45) is 11.8 Å². The second-order valence-corrected chi connectivity index (χ2v) is 10.6. The third-order valence-electron chi connectivity index (χ3n) is 5.20. The van der Waals surface area contributed by atoms with E-state index in [-0.39, 0.29) is 24.2 Å². The Morgan fingerprint density at radius 3 is 1.96 bits per heavy atom. The number of sulfonamides is 1. The predicted octanol–water partition coefficient (Wildman–Crippen LogP) is 3.96. The predicted molar refractivity (Wildman–Crippen MR) is 108 cm³/mol. The molecular weight excluding hydrogens is 352 g/mol. The molecule has 0 radical (unpaired) electrons. The first-order valence-electron chi connectivity index (χ1n) is 9.54. The Balaban J connectivity index is 5.40. The number of hydrogen-bond acceptors (Lipinski definition) is 4. The van der Waals surface area contributed by atoms with Crippen molar-refractivity contribution in [1.29, 1.82) is 0 Å². The highest BCUT2D eigenvalue weighted by atomic mass is 32.2. The van der Waals surface area contributed by atoms with Crippen LogP contribution in [0.1, 0.15) is 68.2 Å². The standard InChI is InChI=1S/C19H40N2O4S/c1-11-17(12-19(7,8)20(9)26(10,23)24)13-21(16(6)14(2)3)18(22)25-15(4)5/h14-17H,11-13H2,1-10H3. The molecule has 0 saturated heterocycles. The van der Waals surface area contributed by atoms with Gasteiger partial charge in [0.1, 0.15) is 0 Å². The van der Waals surface area contributed by atoms with Crippen molar-refractivity contribution in [3.05, 3.63) is 0 Å². The van der Waals surface area contributed by atoms with Crippen LogP contribution < -0.4 is 0 Å². The third-order valence-corrected chi connectivity index (χ3v) is 6.69. The highest BCUT2D eigenvalue weighted by Gasteiger charge is 2.34. The highest BCUT2D eigenvalue weighted by molar-refractivity contribution is 7.88. The lowest BCUT2D eigenvalue weighted by Gasteiger charge is -2.39. The van der Waals surface area contributed by atoms with Crippen LogP contribution in [0.2, 0.25) is 0 Å². The molecule has 0 saturated carbocycles. The lowest BCUT2D eigenvalue weighted by molar-refractivity contribution is 0.0474. The van der Waals surface area contributed by atoms with Crippen LogP contribution in [0.25, 0.3) is 0 Å². The fourth-order valence-corrected chi connectivity index (χ4v) is 3.91. The second-order valence-electron chi connectivity index (χ2n) is 8.59. The molecule has 2 unspecified atom stereocenters. The summed E-state index contributed by atoms with van der Waals surface area (Å²) < 4.78 is 30.7. The summed E-state index contributed by atoms with van der Waals surface area (Å²) in [5.74, 6) is 0.481. The SMILES string of the molecule is CCC(CN(C(=O)OC(C)C)C(C)C(C)C)CC(C)(C)N(C)S(C)(=O)=O. The summed E-state index contributed by atoms with van der Waals surface area (Å²) in [6.45, 7) is 16.4. The largest absolute Gasteiger partial charge is 0.447 e. The van der Waals surface area contributed by atoms with E-state index in [1.807, 2.05) is 34.6 Å². The van der Waals surface area contributed by atoms with Crippen molar-refractivity contribution in [3.8, 4) is 0 Å². The normalized spacial score (nSPS) is 15.4. The number of nitrogens with zero attached hydrogens (tertiary/aromatic N) is 2. The van der Waals surface area contributed by atoms with Crippen molar-refractivity contribution in [3.63, 3.8) is 0 Å². The molecule has 0 rings (SSSR count). The van der Waals surface area contributed by atoms with Crippen molar-refractivity contribution in [2.45, 2.75) is 85.9 Å². The van der Waals surface area contributed by atoms with Gasteiger partial charge >= 0.3 is 6.09 Å². The molecule has 0 aliphatic carbocycles. The molecule has 0 spiro atoms. The molecule has 156 valence electrons. The number of rotatable bonds is 10. The molecule has 6 nitrogen and oxygen atoms in total. The summed E-state index contributed by atoms with van der Waals surface area (Å²) in [7, 11) is -1.66. The average molecular weight is 393 g/mol. The van der Waals surface area contributed by atoms with Crippen molar-refractivity contribution >= 4 is 16.1 Å². The smallest absolute Gasteiger partial charge is 0.410 e. The van der Waals surface area contributed by atoms with E-state index < -0.39 is 15.6 Å². The average Bonchev–Trinajstić information content (AvgIpc) is 2.47. The first kappa shape index (κ1) is 25.2. The molecule has 0 N–H and O–H groups in total. The molecule has 0 aromatic rings. The summed E-state index contributed by atoms with van der Waals surface area (Å²) in [5.41, 5.74) is -0.525. The Morgan fingerprint density at radius 2 is 1.62 bits per heavy atom. The lowest BCUT2D eigenvalue weighted by atomic mass is 9.88. The second kappa shape index (κ2) is 9.93. The number of amides is 1. The van der Waals surface area contributed by atoms with Gasteiger partial charge in [-0.1, -0.05) is 27.2 Å². The van der Waals surface area contributed by atoms with E-state index in [1.165, 1.54) is 10.6 Å². The zero-order chi connectivity index (χ0) is 20.9. The number of carbonyl (C=O) groups is 1. The van der Waals surface area contributed by atoms with Crippen LogP contribution in [0.5, 0.6) is 0 Å². The first-order chi connectivity index (χ1) is 11.6. The number of hydrogen-bond donors (Lipinski definition) is 0. The molecule has 2 atom stereocenters. The Hall–Kier alpha value is -0.820. The van der Waals surface area contributed by atoms with Crippen LogP contribution in [0.4, 0.5) is 4.79 Å². The van der Waals surface area contributed by atoms with Gasteiger partial charge < -0.3 is 9.64 Å². The van der Waals surface area contributed by atoms with E-state index in [4.69, 9.17) is 4.74 Å². The van der Waals surface area contributed by atoms with E-state index in [9.17, 15) is 13.2 Å². The van der Waals surface area contributed by atoms with Crippen molar-refractivity contribution in [1.82, 2.24) is 9.21 Å². The van der Waals surface area contributed by atoms with Gasteiger partial charge in [0.15, 0.2) is 0 Å². The molecule has 0 aliphatic rings. The van der Waals surface area contributed by atoms with Gasteiger partial charge in [0.25, 0.3) is 0 Å². The van der Waals surface area contributed by atoms with E-state index in [1.54, 1.807) is 11.9 Å². The maximum Gasteiger partial charge on any atom is 0.410 e. The molecule has 0 aromatic heterocycles. The Morgan fingerprint density at radius 1 is 1.12 bits per heavy atom. The van der Waals surface area contributed by atoms with E-state index in [2.05, 4.69) is 20.8 Å². The van der Waals surface area contributed by atoms with Crippen LogP contribution in [0.3, 0.4) is 0 Å². The first-order valence-corrected chi connectivity index (χ1v) is 11.4. The van der Waals surface area contributed by atoms with E-state index >= 15 is 0 Å². The summed E-state index contributed by atoms with van der Waals surface area (Å²) in [6, 6.07) is 0.0473. The Labute approximate surface area is 161 Å². The van der Waals surface area contributed by atoms with Gasteiger partial charge in [-0.15, -0.1) is 0 Å². The monoisotopic (exact) mass is 392 g/mol. The summed E-state index contributed by atoms with van der Waals surface area (Å²) in [4.78, 5) is 14.4. The minimum absolute atomic E-state index is 0.0473. The van der Waals surface area contributed by atoms with Gasteiger partial charge in [0.05, 0.1) is 12.4 Å². The van der Waals surface area contributed by atoms with Crippen LogP contribution in [0.15, 0.2) is 0 Å². The molecular formula is C19H40N2O4S. The van der Waals surface area contributed by atoms with Gasteiger partial charge in [0, 0.05) is 25.2 Å². The maximum absolute atomic E-state index is 12.6. The molecule has 1 amide bonds.